The molecular weight excluding hydrogens is 258 g/mol. The van der Waals surface area contributed by atoms with Crippen LogP contribution >= 0.6 is 11.6 Å². The molecule has 0 saturated carbocycles. The van der Waals surface area contributed by atoms with Crippen LogP contribution in [0.2, 0.25) is 5.28 Å². The average Bonchev–Trinajstić information content (AvgIpc) is 2.34. The number of carbonyl (C=O) groups excluding carboxylic acids is 1. The van der Waals surface area contributed by atoms with Gasteiger partial charge in [0.1, 0.15) is 0 Å². The molecule has 0 aliphatic rings. The lowest BCUT2D eigenvalue weighted by Crippen LogP contribution is -2.28. The monoisotopic (exact) mass is 273 g/mol. The van der Waals surface area contributed by atoms with Crippen molar-refractivity contribution in [1.82, 2.24) is 15.3 Å². The number of hydrogen-bond donors (Lipinski definition) is 3. The molecule has 1 aromatic rings. The fraction of sp³-hybridized carbons (Fsp3) is 0.500. The number of nitrogen functional groups attached to an aromatic ring is 1. The van der Waals surface area contributed by atoms with Gasteiger partial charge >= 0.3 is 0 Å². The molecular formula is C10H16ClN5O2. The molecule has 0 fully saturated rings. The fourth-order valence-electron chi connectivity index (χ4n) is 1.19. The van der Waals surface area contributed by atoms with Crippen LogP contribution in [0.3, 0.4) is 0 Å². The number of nitrogens with two attached hydrogens (primary N) is 1. The molecule has 0 unspecified atom stereocenters. The number of rotatable bonds is 7. The molecule has 0 aliphatic heterocycles. The third-order valence-electron chi connectivity index (χ3n) is 2.06. The summed E-state index contributed by atoms with van der Waals surface area (Å²) in [5.74, 6) is 0.359. The number of ether oxygens (including phenoxy) is 1. The Morgan fingerprint density at radius 3 is 3.06 bits per heavy atom. The van der Waals surface area contributed by atoms with Crippen LogP contribution in [-0.2, 0) is 9.53 Å². The standard InChI is InChI=1S/C10H16ClN5O2/c1-18-5-4-13-8(17)2-3-14-9-7(12)6-15-10(11)16-9/h6H,2-5,12H2,1H3,(H,13,17)(H,14,15,16). The largest absolute Gasteiger partial charge is 0.394 e. The molecule has 0 radical (unpaired) electrons. The summed E-state index contributed by atoms with van der Waals surface area (Å²) >= 11 is 5.63. The third kappa shape index (κ3) is 5.15. The zero-order chi connectivity index (χ0) is 13.4. The number of nitrogens with one attached hydrogen (secondary N) is 2. The smallest absolute Gasteiger partial charge is 0.224 e. The number of aromatic nitrogens is 2. The fourth-order valence-corrected chi connectivity index (χ4v) is 1.32. The summed E-state index contributed by atoms with van der Waals surface area (Å²) in [4.78, 5) is 19.0. The van der Waals surface area contributed by atoms with Gasteiger partial charge in [0.05, 0.1) is 18.5 Å². The summed E-state index contributed by atoms with van der Waals surface area (Å²) in [6, 6.07) is 0. The van der Waals surface area contributed by atoms with E-state index < -0.39 is 0 Å². The molecule has 0 spiro atoms. The van der Waals surface area contributed by atoms with Gasteiger partial charge in [-0.05, 0) is 11.6 Å². The van der Waals surface area contributed by atoms with Crippen molar-refractivity contribution in [1.29, 1.82) is 0 Å². The normalized spacial score (nSPS) is 10.1. The molecule has 1 heterocycles. The van der Waals surface area contributed by atoms with Crippen molar-refractivity contribution in [3.05, 3.63) is 11.5 Å². The van der Waals surface area contributed by atoms with Crippen LogP contribution in [0, 0.1) is 0 Å². The second-order valence-corrected chi connectivity index (χ2v) is 3.80. The number of anilines is 2. The molecule has 0 bridgehead atoms. The van der Waals surface area contributed by atoms with Crippen LogP contribution < -0.4 is 16.4 Å². The summed E-state index contributed by atoms with van der Waals surface area (Å²) in [6.45, 7) is 1.40. The summed E-state index contributed by atoms with van der Waals surface area (Å²) in [7, 11) is 1.58. The van der Waals surface area contributed by atoms with Crippen molar-refractivity contribution in [2.24, 2.45) is 0 Å². The minimum absolute atomic E-state index is 0.0710. The van der Waals surface area contributed by atoms with Gasteiger partial charge in [0, 0.05) is 26.6 Å². The molecule has 0 aliphatic carbocycles. The third-order valence-corrected chi connectivity index (χ3v) is 2.24. The van der Waals surface area contributed by atoms with Crippen LogP contribution in [0.15, 0.2) is 6.20 Å². The van der Waals surface area contributed by atoms with Crippen LogP contribution in [0.1, 0.15) is 6.42 Å². The van der Waals surface area contributed by atoms with E-state index in [4.69, 9.17) is 22.1 Å². The summed E-state index contributed by atoms with van der Waals surface area (Å²) < 4.78 is 4.82. The summed E-state index contributed by atoms with van der Waals surface area (Å²) in [6.07, 6.45) is 1.72. The predicted molar refractivity (Wildman–Crippen MR) is 69.4 cm³/mol. The van der Waals surface area contributed by atoms with E-state index in [2.05, 4.69) is 20.6 Å². The minimum atomic E-state index is -0.0710. The van der Waals surface area contributed by atoms with E-state index in [1.807, 2.05) is 0 Å². The summed E-state index contributed by atoms with van der Waals surface area (Å²) in [5.41, 5.74) is 6.03. The van der Waals surface area contributed by atoms with E-state index in [0.29, 0.717) is 37.6 Å². The molecule has 1 rings (SSSR count). The maximum Gasteiger partial charge on any atom is 0.224 e. The topological polar surface area (TPSA) is 102 Å². The van der Waals surface area contributed by atoms with Gasteiger partial charge in [0.25, 0.3) is 0 Å². The first-order chi connectivity index (χ1) is 8.63. The quantitative estimate of drug-likeness (QED) is 0.487. The zero-order valence-corrected chi connectivity index (χ0v) is 10.8. The lowest BCUT2D eigenvalue weighted by molar-refractivity contribution is -0.121. The maximum atomic E-state index is 11.4. The molecule has 0 saturated heterocycles. The number of halogens is 1. The number of amides is 1. The van der Waals surface area contributed by atoms with Gasteiger partial charge in [0.2, 0.25) is 11.2 Å². The number of methoxy groups -OCH3 is 1. The van der Waals surface area contributed by atoms with E-state index in [1.165, 1.54) is 6.20 Å². The van der Waals surface area contributed by atoms with Crippen molar-refractivity contribution in [2.45, 2.75) is 6.42 Å². The van der Waals surface area contributed by atoms with E-state index in [0.717, 1.165) is 0 Å². The van der Waals surface area contributed by atoms with Crippen LogP contribution in [0.25, 0.3) is 0 Å². The van der Waals surface area contributed by atoms with Crippen LogP contribution in [0.4, 0.5) is 11.5 Å². The van der Waals surface area contributed by atoms with E-state index >= 15 is 0 Å². The highest BCUT2D eigenvalue weighted by atomic mass is 35.5. The van der Waals surface area contributed by atoms with E-state index in [9.17, 15) is 4.79 Å². The highest BCUT2D eigenvalue weighted by Gasteiger charge is 2.04. The SMILES string of the molecule is COCCNC(=O)CCNc1nc(Cl)ncc1N. The lowest BCUT2D eigenvalue weighted by atomic mass is 10.4. The van der Waals surface area contributed by atoms with Gasteiger partial charge < -0.3 is 21.1 Å². The molecule has 0 atom stereocenters. The lowest BCUT2D eigenvalue weighted by Gasteiger charge is -2.08. The Hall–Kier alpha value is -1.60. The Labute approximate surface area is 110 Å². The van der Waals surface area contributed by atoms with Crippen molar-refractivity contribution in [3.8, 4) is 0 Å². The van der Waals surface area contributed by atoms with E-state index in [1.54, 1.807) is 7.11 Å². The Morgan fingerprint density at radius 1 is 1.56 bits per heavy atom. The predicted octanol–water partition coefficient (Wildman–Crippen LogP) is 0.277. The average molecular weight is 274 g/mol. The Morgan fingerprint density at radius 2 is 2.33 bits per heavy atom. The van der Waals surface area contributed by atoms with Crippen molar-refractivity contribution in [2.75, 3.05) is 37.9 Å². The van der Waals surface area contributed by atoms with Crippen LogP contribution in [-0.4, -0.2) is 42.7 Å². The van der Waals surface area contributed by atoms with Crippen molar-refractivity contribution in [3.63, 3.8) is 0 Å². The number of nitrogens with zero attached hydrogens (tertiary/aromatic N) is 2. The molecule has 1 amide bonds. The Balaban J connectivity index is 2.28. The number of hydrogen-bond acceptors (Lipinski definition) is 6. The van der Waals surface area contributed by atoms with Crippen molar-refractivity contribution >= 4 is 29.0 Å². The molecule has 18 heavy (non-hydrogen) atoms. The first-order valence-electron chi connectivity index (χ1n) is 5.41. The zero-order valence-electron chi connectivity index (χ0n) is 10.1. The van der Waals surface area contributed by atoms with Gasteiger partial charge in [0.15, 0.2) is 5.82 Å². The van der Waals surface area contributed by atoms with Crippen LogP contribution in [0.5, 0.6) is 0 Å². The Bertz CT molecular complexity index is 402. The molecule has 7 nitrogen and oxygen atoms in total. The first-order valence-corrected chi connectivity index (χ1v) is 5.79. The first kappa shape index (κ1) is 14.5. The van der Waals surface area contributed by atoms with Gasteiger partial charge in [-0.3, -0.25) is 4.79 Å². The molecule has 1 aromatic heterocycles. The molecule has 0 aromatic carbocycles. The Kier molecular flexibility index (Phi) is 6.16. The minimum Gasteiger partial charge on any atom is -0.394 e. The van der Waals surface area contributed by atoms with Gasteiger partial charge in [-0.2, -0.15) is 4.98 Å². The summed E-state index contributed by atoms with van der Waals surface area (Å²) in [5, 5.41) is 5.73. The second kappa shape index (κ2) is 7.67. The van der Waals surface area contributed by atoms with Gasteiger partial charge in [-0.1, -0.05) is 0 Å². The molecule has 4 N–H and O–H groups in total. The van der Waals surface area contributed by atoms with Gasteiger partial charge in [-0.25, -0.2) is 4.98 Å². The van der Waals surface area contributed by atoms with E-state index in [-0.39, 0.29) is 11.2 Å². The second-order valence-electron chi connectivity index (χ2n) is 3.46. The highest BCUT2D eigenvalue weighted by molar-refractivity contribution is 6.28. The van der Waals surface area contributed by atoms with Crippen molar-refractivity contribution < 1.29 is 9.53 Å². The maximum absolute atomic E-state index is 11.4. The molecule has 100 valence electrons. The molecule has 8 heteroatoms. The highest BCUT2D eigenvalue weighted by Crippen LogP contribution is 2.15. The van der Waals surface area contributed by atoms with Gasteiger partial charge in [-0.15, -0.1) is 0 Å². The number of carbonyl (C=O) groups is 1.